The highest BCUT2D eigenvalue weighted by Gasteiger charge is 2.13. The summed E-state index contributed by atoms with van der Waals surface area (Å²) in [5, 5.41) is 5.63. The third kappa shape index (κ3) is 3.96. The average molecular weight is 345 g/mol. The number of benzene rings is 3. The van der Waals surface area contributed by atoms with Gasteiger partial charge < -0.3 is 5.32 Å². The van der Waals surface area contributed by atoms with Crippen LogP contribution in [0.2, 0.25) is 0 Å². The molecule has 0 bridgehead atoms. The minimum atomic E-state index is 0.0225. The summed E-state index contributed by atoms with van der Waals surface area (Å²) in [5.41, 5.74) is 6.22. The number of hydrogen-bond acceptors (Lipinski definition) is 1. The van der Waals surface area contributed by atoms with E-state index in [0.717, 1.165) is 6.42 Å². The van der Waals surface area contributed by atoms with Crippen molar-refractivity contribution in [3.63, 3.8) is 0 Å². The molecule has 3 aromatic rings. The molecule has 1 amide bonds. The number of carbonyl (C=O) groups excluding carboxylic acids is 1. The van der Waals surface area contributed by atoms with Gasteiger partial charge in [0.25, 0.3) is 0 Å². The third-order valence-electron chi connectivity index (χ3n) is 5.23. The summed E-state index contributed by atoms with van der Waals surface area (Å²) in [6, 6.07) is 19.1. The van der Waals surface area contributed by atoms with Gasteiger partial charge in [-0.2, -0.15) is 0 Å². The third-order valence-corrected chi connectivity index (χ3v) is 5.23. The number of amides is 1. The summed E-state index contributed by atoms with van der Waals surface area (Å²) in [4.78, 5) is 12.5. The minimum Gasteiger partial charge on any atom is -0.350 e. The molecular weight excluding hydrogens is 318 g/mol. The lowest BCUT2D eigenvalue weighted by molar-refractivity contribution is -0.121. The van der Waals surface area contributed by atoms with Crippen LogP contribution in [0.4, 0.5) is 0 Å². The molecule has 0 heterocycles. The Morgan fingerprint density at radius 1 is 0.923 bits per heavy atom. The van der Waals surface area contributed by atoms with E-state index in [1.165, 1.54) is 38.6 Å². The number of aryl methyl sites for hydroxylation is 4. The van der Waals surface area contributed by atoms with Crippen molar-refractivity contribution < 1.29 is 4.79 Å². The van der Waals surface area contributed by atoms with Gasteiger partial charge in [-0.3, -0.25) is 4.79 Å². The van der Waals surface area contributed by atoms with Crippen molar-refractivity contribution in [3.8, 4) is 0 Å². The summed E-state index contributed by atoms with van der Waals surface area (Å²) in [6.45, 7) is 8.42. The normalized spacial score (nSPS) is 12.2. The minimum absolute atomic E-state index is 0.0225. The van der Waals surface area contributed by atoms with Crippen molar-refractivity contribution in [3.05, 3.63) is 82.4 Å². The summed E-state index contributed by atoms with van der Waals surface area (Å²) >= 11 is 0. The summed E-state index contributed by atoms with van der Waals surface area (Å²) < 4.78 is 0. The monoisotopic (exact) mass is 345 g/mol. The maximum atomic E-state index is 12.5. The zero-order valence-electron chi connectivity index (χ0n) is 16.1. The van der Waals surface area contributed by atoms with Crippen molar-refractivity contribution in [2.24, 2.45) is 0 Å². The fraction of sp³-hybridized carbons (Fsp3) is 0.292. The van der Waals surface area contributed by atoms with Crippen molar-refractivity contribution in [2.45, 2.75) is 46.6 Å². The van der Waals surface area contributed by atoms with Gasteiger partial charge in [-0.25, -0.2) is 0 Å². The molecule has 0 saturated heterocycles. The molecule has 0 aliphatic carbocycles. The van der Waals surface area contributed by atoms with E-state index < -0.39 is 0 Å². The second kappa shape index (κ2) is 7.74. The summed E-state index contributed by atoms with van der Waals surface area (Å²) in [6.07, 6.45) is 1.26. The fourth-order valence-corrected chi connectivity index (χ4v) is 3.60. The Kier molecular flexibility index (Phi) is 5.41. The van der Waals surface area contributed by atoms with Crippen molar-refractivity contribution in [1.82, 2.24) is 5.32 Å². The Morgan fingerprint density at radius 3 is 2.42 bits per heavy atom. The van der Waals surface area contributed by atoms with Gasteiger partial charge in [-0.05, 0) is 72.7 Å². The number of rotatable bonds is 5. The molecule has 1 atom stereocenters. The lowest BCUT2D eigenvalue weighted by Crippen LogP contribution is -2.27. The van der Waals surface area contributed by atoms with Crippen LogP contribution in [-0.2, 0) is 11.2 Å². The first-order chi connectivity index (χ1) is 12.5. The van der Waals surface area contributed by atoms with Crippen LogP contribution in [-0.4, -0.2) is 5.91 Å². The molecule has 0 fully saturated rings. The molecule has 134 valence electrons. The van der Waals surface area contributed by atoms with E-state index in [2.05, 4.69) is 81.5 Å². The first kappa shape index (κ1) is 18.2. The van der Waals surface area contributed by atoms with Gasteiger partial charge in [0.1, 0.15) is 0 Å². The molecule has 0 unspecified atom stereocenters. The molecule has 0 aromatic heterocycles. The summed E-state index contributed by atoms with van der Waals surface area (Å²) in [7, 11) is 0. The molecule has 0 radical (unpaired) electrons. The molecule has 1 N–H and O–H groups in total. The van der Waals surface area contributed by atoms with E-state index in [-0.39, 0.29) is 11.9 Å². The van der Waals surface area contributed by atoms with Gasteiger partial charge in [0.15, 0.2) is 0 Å². The Bertz CT molecular complexity index is 937. The first-order valence-corrected chi connectivity index (χ1v) is 9.29. The molecule has 2 nitrogen and oxygen atoms in total. The highest BCUT2D eigenvalue weighted by molar-refractivity contribution is 5.86. The molecule has 2 heteroatoms. The van der Waals surface area contributed by atoms with Crippen LogP contribution in [0.3, 0.4) is 0 Å². The lowest BCUT2D eigenvalue weighted by Gasteiger charge is -2.18. The first-order valence-electron chi connectivity index (χ1n) is 9.29. The van der Waals surface area contributed by atoms with Gasteiger partial charge in [-0.15, -0.1) is 0 Å². The largest absolute Gasteiger partial charge is 0.350 e. The van der Waals surface area contributed by atoms with Crippen LogP contribution in [0.15, 0.2) is 54.6 Å². The fourth-order valence-electron chi connectivity index (χ4n) is 3.60. The smallest absolute Gasteiger partial charge is 0.220 e. The molecular formula is C24H27NO. The Balaban J connectivity index is 1.66. The summed E-state index contributed by atoms with van der Waals surface area (Å²) in [5.74, 6) is 0.100. The zero-order chi connectivity index (χ0) is 18.7. The van der Waals surface area contributed by atoms with Crippen molar-refractivity contribution in [1.29, 1.82) is 0 Å². The predicted octanol–water partition coefficient (Wildman–Crippen LogP) is 5.58. The Morgan fingerprint density at radius 2 is 1.62 bits per heavy atom. The highest BCUT2D eigenvalue weighted by Crippen LogP contribution is 2.22. The van der Waals surface area contributed by atoms with Gasteiger partial charge in [0, 0.05) is 6.42 Å². The maximum Gasteiger partial charge on any atom is 0.220 e. The van der Waals surface area contributed by atoms with Gasteiger partial charge >= 0.3 is 0 Å². The second-order valence-corrected chi connectivity index (χ2v) is 7.22. The van der Waals surface area contributed by atoms with E-state index in [0.29, 0.717) is 6.42 Å². The average Bonchev–Trinajstić information content (AvgIpc) is 2.62. The zero-order valence-corrected chi connectivity index (χ0v) is 16.1. The highest BCUT2D eigenvalue weighted by atomic mass is 16.1. The van der Waals surface area contributed by atoms with Crippen molar-refractivity contribution in [2.75, 3.05) is 0 Å². The van der Waals surface area contributed by atoms with E-state index >= 15 is 0 Å². The Labute approximate surface area is 156 Å². The van der Waals surface area contributed by atoms with Crippen LogP contribution in [0.1, 0.15) is 47.2 Å². The molecule has 0 spiro atoms. The molecule has 0 aliphatic heterocycles. The number of hydrogen-bond donors (Lipinski definition) is 1. The quantitative estimate of drug-likeness (QED) is 0.643. The number of fused-ring (bicyclic) bond motifs is 1. The molecule has 0 aliphatic rings. The molecule has 3 rings (SSSR count). The van der Waals surface area contributed by atoms with Crippen LogP contribution >= 0.6 is 0 Å². The molecule has 0 saturated carbocycles. The lowest BCUT2D eigenvalue weighted by atomic mass is 9.96. The second-order valence-electron chi connectivity index (χ2n) is 7.22. The van der Waals surface area contributed by atoms with Crippen LogP contribution in [0, 0.1) is 20.8 Å². The number of carbonyl (C=O) groups is 1. The number of nitrogens with one attached hydrogen (secondary N) is 1. The molecule has 3 aromatic carbocycles. The van der Waals surface area contributed by atoms with Gasteiger partial charge in [0.05, 0.1) is 6.04 Å². The maximum absolute atomic E-state index is 12.5. The van der Waals surface area contributed by atoms with E-state index in [4.69, 9.17) is 0 Å². The van der Waals surface area contributed by atoms with Crippen LogP contribution in [0.25, 0.3) is 10.8 Å². The Hall–Kier alpha value is -2.61. The topological polar surface area (TPSA) is 29.1 Å². The van der Waals surface area contributed by atoms with Crippen LogP contribution in [0.5, 0.6) is 0 Å². The van der Waals surface area contributed by atoms with Gasteiger partial charge in [0.2, 0.25) is 5.91 Å². The predicted molar refractivity (Wildman–Crippen MR) is 109 cm³/mol. The van der Waals surface area contributed by atoms with Crippen LogP contribution < -0.4 is 5.32 Å². The standard InChI is InChI=1S/C24H27NO/c1-16-14-18(3)23(15-17(16)2)19(4)25-24(26)13-12-21-10-7-9-20-8-5-6-11-22(20)21/h5-11,14-15,19H,12-13H2,1-4H3,(H,25,26)/t19-/m0/s1. The van der Waals surface area contributed by atoms with E-state index in [1.807, 2.05) is 6.07 Å². The van der Waals surface area contributed by atoms with E-state index in [1.54, 1.807) is 0 Å². The van der Waals surface area contributed by atoms with Crippen molar-refractivity contribution >= 4 is 16.7 Å². The molecule has 26 heavy (non-hydrogen) atoms. The SMILES string of the molecule is Cc1cc(C)c([C@H](C)NC(=O)CCc2cccc3ccccc23)cc1C. The van der Waals surface area contributed by atoms with E-state index in [9.17, 15) is 4.79 Å². The van der Waals surface area contributed by atoms with Gasteiger partial charge in [-0.1, -0.05) is 54.6 Å².